The zero-order valence-electron chi connectivity index (χ0n) is 7.03. The van der Waals surface area contributed by atoms with E-state index in [0.717, 1.165) is 11.1 Å². The van der Waals surface area contributed by atoms with E-state index in [-0.39, 0.29) is 5.69 Å². The van der Waals surface area contributed by atoms with Crippen molar-refractivity contribution in [1.82, 2.24) is 10.2 Å². The van der Waals surface area contributed by atoms with Crippen LogP contribution in [0.15, 0.2) is 18.2 Å². The minimum absolute atomic E-state index is 0.0787. The molecule has 0 spiro atoms. The van der Waals surface area contributed by atoms with Crippen LogP contribution in [-0.4, -0.2) is 21.3 Å². The molecule has 4 nitrogen and oxygen atoms in total. The summed E-state index contributed by atoms with van der Waals surface area (Å²) in [4.78, 5) is 10.7. The molecule has 13 heavy (non-hydrogen) atoms. The van der Waals surface area contributed by atoms with Crippen LogP contribution in [0.3, 0.4) is 0 Å². The summed E-state index contributed by atoms with van der Waals surface area (Å²) in [6.07, 6.45) is 0. The minimum atomic E-state index is -1.00. The van der Waals surface area contributed by atoms with Crippen molar-refractivity contribution in [3.8, 4) is 0 Å². The van der Waals surface area contributed by atoms with Crippen LogP contribution < -0.4 is 0 Å². The highest BCUT2D eigenvalue weighted by molar-refractivity contribution is 6.00. The molecular weight excluding hydrogens is 168 g/mol. The molecule has 0 saturated heterocycles. The van der Waals surface area contributed by atoms with E-state index in [0.29, 0.717) is 5.39 Å². The van der Waals surface area contributed by atoms with Crippen LogP contribution in [0.4, 0.5) is 0 Å². The van der Waals surface area contributed by atoms with Crippen LogP contribution in [0, 0.1) is 6.92 Å². The van der Waals surface area contributed by atoms with Crippen LogP contribution >= 0.6 is 0 Å². The van der Waals surface area contributed by atoms with E-state index in [1.54, 1.807) is 6.07 Å². The number of fused-ring (bicyclic) bond motifs is 1. The number of hydrogen-bond acceptors (Lipinski definition) is 2. The Bertz CT molecular complexity index is 473. The third kappa shape index (κ3) is 1.16. The first-order valence-electron chi connectivity index (χ1n) is 3.86. The monoisotopic (exact) mass is 176 g/mol. The molecular formula is C9H8N2O2. The largest absolute Gasteiger partial charge is 0.476 e. The molecule has 0 aliphatic heterocycles. The molecule has 0 atom stereocenters. The fourth-order valence-electron chi connectivity index (χ4n) is 1.30. The third-order valence-corrected chi connectivity index (χ3v) is 1.92. The number of H-pyrrole nitrogens is 1. The summed E-state index contributed by atoms with van der Waals surface area (Å²) in [6, 6.07) is 5.50. The second kappa shape index (κ2) is 2.58. The third-order valence-electron chi connectivity index (χ3n) is 1.92. The molecule has 1 aromatic carbocycles. The Labute approximate surface area is 74.2 Å². The number of rotatable bonds is 1. The van der Waals surface area contributed by atoms with Gasteiger partial charge in [0.15, 0.2) is 5.69 Å². The summed E-state index contributed by atoms with van der Waals surface area (Å²) in [7, 11) is 0. The van der Waals surface area contributed by atoms with Gasteiger partial charge in [0.05, 0.1) is 5.52 Å². The number of hydrogen-bond donors (Lipinski definition) is 2. The minimum Gasteiger partial charge on any atom is -0.476 e. The number of nitrogens with one attached hydrogen (secondary N) is 1. The van der Waals surface area contributed by atoms with Crippen molar-refractivity contribution in [1.29, 1.82) is 0 Å². The van der Waals surface area contributed by atoms with Crippen molar-refractivity contribution >= 4 is 16.9 Å². The van der Waals surface area contributed by atoms with Crippen molar-refractivity contribution in [3.05, 3.63) is 29.5 Å². The topological polar surface area (TPSA) is 66.0 Å². The number of aromatic amines is 1. The van der Waals surface area contributed by atoms with E-state index in [9.17, 15) is 4.79 Å². The number of carbonyl (C=O) groups is 1. The average molecular weight is 176 g/mol. The Kier molecular flexibility index (Phi) is 1.55. The number of aryl methyl sites for hydroxylation is 1. The molecule has 0 aliphatic carbocycles. The molecule has 0 saturated carbocycles. The Morgan fingerprint density at radius 1 is 1.54 bits per heavy atom. The second-order valence-electron chi connectivity index (χ2n) is 2.93. The maximum Gasteiger partial charge on any atom is 0.357 e. The van der Waals surface area contributed by atoms with Gasteiger partial charge in [-0.2, -0.15) is 5.10 Å². The quantitative estimate of drug-likeness (QED) is 0.693. The first-order valence-corrected chi connectivity index (χ1v) is 3.86. The summed E-state index contributed by atoms with van der Waals surface area (Å²) in [5.41, 5.74) is 1.92. The number of benzene rings is 1. The highest BCUT2D eigenvalue weighted by atomic mass is 16.4. The standard InChI is InChI=1S/C9H8N2O2/c1-5-2-3-6-7(4-5)10-11-8(6)9(12)13/h2-4H,1H3,(H,10,11)(H,12,13). The zero-order chi connectivity index (χ0) is 9.42. The van der Waals surface area contributed by atoms with Crippen LogP contribution in [0.1, 0.15) is 16.1 Å². The number of carboxylic acids is 1. The molecule has 1 heterocycles. The van der Waals surface area contributed by atoms with Crippen LogP contribution in [-0.2, 0) is 0 Å². The summed E-state index contributed by atoms with van der Waals surface area (Å²) in [5, 5.41) is 15.8. The van der Waals surface area contributed by atoms with Gasteiger partial charge in [-0.1, -0.05) is 12.1 Å². The Morgan fingerprint density at radius 2 is 2.31 bits per heavy atom. The van der Waals surface area contributed by atoms with Crippen molar-refractivity contribution in [2.45, 2.75) is 6.92 Å². The zero-order valence-corrected chi connectivity index (χ0v) is 7.03. The van der Waals surface area contributed by atoms with Crippen molar-refractivity contribution < 1.29 is 9.90 Å². The second-order valence-corrected chi connectivity index (χ2v) is 2.93. The molecule has 0 amide bonds. The molecule has 66 valence electrons. The van der Waals surface area contributed by atoms with Gasteiger partial charge >= 0.3 is 5.97 Å². The van der Waals surface area contributed by atoms with E-state index in [4.69, 9.17) is 5.11 Å². The van der Waals surface area contributed by atoms with Crippen molar-refractivity contribution in [2.75, 3.05) is 0 Å². The van der Waals surface area contributed by atoms with Crippen LogP contribution in [0.25, 0.3) is 10.9 Å². The molecule has 1 aromatic heterocycles. The van der Waals surface area contributed by atoms with Gasteiger partial charge in [-0.15, -0.1) is 0 Å². The van der Waals surface area contributed by atoms with Gasteiger partial charge in [0, 0.05) is 5.39 Å². The molecule has 2 aromatic rings. The summed E-state index contributed by atoms with van der Waals surface area (Å²) in [6.45, 7) is 1.95. The average Bonchev–Trinajstić information content (AvgIpc) is 2.46. The van der Waals surface area contributed by atoms with Gasteiger partial charge in [-0.3, -0.25) is 5.10 Å². The van der Waals surface area contributed by atoms with E-state index >= 15 is 0 Å². The predicted molar refractivity (Wildman–Crippen MR) is 47.8 cm³/mol. The normalized spacial score (nSPS) is 10.5. The molecule has 0 radical (unpaired) electrons. The van der Waals surface area contributed by atoms with Crippen LogP contribution in [0.5, 0.6) is 0 Å². The SMILES string of the molecule is Cc1ccc2c(C(=O)O)n[nH]c2c1. The van der Waals surface area contributed by atoms with E-state index in [1.807, 2.05) is 19.1 Å². The summed E-state index contributed by atoms with van der Waals surface area (Å²) < 4.78 is 0. The van der Waals surface area contributed by atoms with Gasteiger partial charge < -0.3 is 5.11 Å². The first-order chi connectivity index (χ1) is 6.18. The lowest BCUT2D eigenvalue weighted by Gasteiger charge is -1.91. The van der Waals surface area contributed by atoms with Gasteiger partial charge in [-0.25, -0.2) is 4.79 Å². The fourth-order valence-corrected chi connectivity index (χ4v) is 1.30. The van der Waals surface area contributed by atoms with E-state index < -0.39 is 5.97 Å². The number of nitrogens with zero attached hydrogens (tertiary/aromatic N) is 1. The molecule has 2 N–H and O–H groups in total. The summed E-state index contributed by atoms with van der Waals surface area (Å²) in [5.74, 6) is -1.00. The fraction of sp³-hybridized carbons (Fsp3) is 0.111. The van der Waals surface area contributed by atoms with Gasteiger partial charge in [-0.05, 0) is 18.6 Å². The molecule has 0 fully saturated rings. The lowest BCUT2D eigenvalue weighted by Crippen LogP contribution is -1.96. The molecule has 4 heteroatoms. The number of aromatic nitrogens is 2. The Morgan fingerprint density at radius 3 is 3.00 bits per heavy atom. The Balaban J connectivity index is 2.76. The van der Waals surface area contributed by atoms with Gasteiger partial charge in [0.2, 0.25) is 0 Å². The van der Waals surface area contributed by atoms with Crippen molar-refractivity contribution in [2.24, 2.45) is 0 Å². The summed E-state index contributed by atoms with van der Waals surface area (Å²) >= 11 is 0. The van der Waals surface area contributed by atoms with Crippen molar-refractivity contribution in [3.63, 3.8) is 0 Å². The predicted octanol–water partition coefficient (Wildman–Crippen LogP) is 1.57. The van der Waals surface area contributed by atoms with E-state index in [1.165, 1.54) is 0 Å². The Hall–Kier alpha value is -1.84. The molecule has 0 unspecified atom stereocenters. The molecule has 2 rings (SSSR count). The smallest absolute Gasteiger partial charge is 0.357 e. The maximum atomic E-state index is 10.7. The number of carboxylic acid groups (broad SMARTS) is 1. The number of aromatic carboxylic acids is 1. The van der Waals surface area contributed by atoms with Gasteiger partial charge in [0.25, 0.3) is 0 Å². The molecule has 0 bridgehead atoms. The first kappa shape index (κ1) is 7.79. The van der Waals surface area contributed by atoms with Crippen LogP contribution in [0.2, 0.25) is 0 Å². The highest BCUT2D eigenvalue weighted by Gasteiger charge is 2.11. The lowest BCUT2D eigenvalue weighted by molar-refractivity contribution is 0.0692. The maximum absolute atomic E-state index is 10.7. The van der Waals surface area contributed by atoms with Gasteiger partial charge in [0.1, 0.15) is 0 Å². The molecule has 0 aliphatic rings. The van der Waals surface area contributed by atoms with E-state index in [2.05, 4.69) is 10.2 Å². The lowest BCUT2D eigenvalue weighted by atomic mass is 10.1. The highest BCUT2D eigenvalue weighted by Crippen LogP contribution is 2.16.